The summed E-state index contributed by atoms with van der Waals surface area (Å²) in [5.74, 6) is 3.60. The van der Waals surface area contributed by atoms with Gasteiger partial charge in [-0.3, -0.25) is 0 Å². The molecule has 0 aromatic rings. The molecule has 0 aromatic heterocycles. The second-order valence-electron chi connectivity index (χ2n) is 6.63. The lowest BCUT2D eigenvalue weighted by atomic mass is 9.65. The van der Waals surface area contributed by atoms with Crippen LogP contribution in [0.25, 0.3) is 0 Å². The third-order valence-electron chi connectivity index (χ3n) is 5.15. The molecule has 1 heteroatoms. The number of rotatable bonds is 0. The lowest BCUT2D eigenvalue weighted by molar-refractivity contribution is 0.112. The Morgan fingerprint density at radius 2 is 1.31 bits per heavy atom. The van der Waals surface area contributed by atoms with Crippen molar-refractivity contribution in [1.29, 1.82) is 0 Å². The van der Waals surface area contributed by atoms with E-state index in [4.69, 9.17) is 5.73 Å². The first kappa shape index (κ1) is 12.4. The minimum Gasteiger partial charge on any atom is -0.327 e. The fourth-order valence-corrected chi connectivity index (χ4v) is 3.60. The maximum Gasteiger partial charge on any atom is 0.00958 e. The second-order valence-corrected chi connectivity index (χ2v) is 6.63. The first-order valence-electron chi connectivity index (χ1n) is 7.42. The van der Waals surface area contributed by atoms with Crippen molar-refractivity contribution in [3.63, 3.8) is 0 Å². The highest BCUT2D eigenvalue weighted by atomic mass is 14.7. The molecular weight excluding hydrogens is 194 g/mol. The highest BCUT2D eigenvalue weighted by Crippen LogP contribution is 2.40. The summed E-state index contributed by atoms with van der Waals surface area (Å²) < 4.78 is 0. The SMILES string of the molecule is CC1CCCC2CC(CCC(C)CC1)C2N. The summed E-state index contributed by atoms with van der Waals surface area (Å²) in [6, 6.07) is 0.543. The summed E-state index contributed by atoms with van der Waals surface area (Å²) in [6.45, 7) is 4.86. The molecular formula is C15H29N. The summed E-state index contributed by atoms with van der Waals surface area (Å²) in [4.78, 5) is 0. The maximum absolute atomic E-state index is 6.29. The van der Waals surface area contributed by atoms with Gasteiger partial charge in [-0.15, -0.1) is 0 Å². The van der Waals surface area contributed by atoms with Gasteiger partial charge >= 0.3 is 0 Å². The van der Waals surface area contributed by atoms with Crippen LogP contribution in [0, 0.1) is 23.7 Å². The molecule has 0 radical (unpaired) electrons. The van der Waals surface area contributed by atoms with E-state index in [1.165, 1.54) is 51.4 Å². The van der Waals surface area contributed by atoms with E-state index in [9.17, 15) is 0 Å². The van der Waals surface area contributed by atoms with Crippen LogP contribution in [0.3, 0.4) is 0 Å². The normalized spacial score (nSPS) is 46.3. The Balaban J connectivity index is 1.85. The predicted molar refractivity (Wildman–Crippen MR) is 70.2 cm³/mol. The minimum absolute atomic E-state index is 0.543. The van der Waals surface area contributed by atoms with E-state index in [1.54, 1.807) is 0 Å². The standard InChI is InChI=1S/C15H29N/c1-11-4-3-5-13-10-14(15(13)16)9-8-12(2)7-6-11/h11-15H,3-10,16H2,1-2H3. The summed E-state index contributed by atoms with van der Waals surface area (Å²) in [6.07, 6.45) is 11.4. The molecule has 0 saturated heterocycles. The van der Waals surface area contributed by atoms with Crippen LogP contribution in [0.4, 0.5) is 0 Å². The van der Waals surface area contributed by atoms with Gasteiger partial charge in [0.1, 0.15) is 0 Å². The van der Waals surface area contributed by atoms with Gasteiger partial charge in [0.25, 0.3) is 0 Å². The smallest absolute Gasteiger partial charge is 0.00958 e. The van der Waals surface area contributed by atoms with Gasteiger partial charge in [0.15, 0.2) is 0 Å². The lowest BCUT2D eigenvalue weighted by Crippen LogP contribution is -2.48. The number of fused-ring (bicyclic) bond motifs is 8. The van der Waals surface area contributed by atoms with Gasteiger partial charge in [-0.2, -0.15) is 0 Å². The van der Waals surface area contributed by atoms with E-state index in [1.807, 2.05) is 0 Å². The van der Waals surface area contributed by atoms with Crippen LogP contribution >= 0.6 is 0 Å². The molecule has 3 rings (SSSR count). The molecule has 1 nitrogen and oxygen atoms in total. The van der Waals surface area contributed by atoms with Gasteiger partial charge in [0.05, 0.1) is 0 Å². The van der Waals surface area contributed by atoms with Crippen LogP contribution in [-0.4, -0.2) is 6.04 Å². The van der Waals surface area contributed by atoms with E-state index < -0.39 is 0 Å². The molecule has 0 aliphatic heterocycles. The van der Waals surface area contributed by atoms with Crippen LogP contribution in [0.15, 0.2) is 0 Å². The van der Waals surface area contributed by atoms with E-state index in [2.05, 4.69) is 13.8 Å². The first-order chi connectivity index (χ1) is 7.66. The Labute approximate surface area is 101 Å². The molecule has 0 aromatic carbocycles. The van der Waals surface area contributed by atoms with Gasteiger partial charge < -0.3 is 5.73 Å². The Hall–Kier alpha value is -0.0400. The van der Waals surface area contributed by atoms with Gasteiger partial charge in [0, 0.05) is 6.04 Å². The lowest BCUT2D eigenvalue weighted by Gasteiger charge is -2.43. The zero-order valence-corrected chi connectivity index (χ0v) is 11.1. The van der Waals surface area contributed by atoms with Crippen molar-refractivity contribution in [1.82, 2.24) is 0 Å². The highest BCUT2D eigenvalue weighted by Gasteiger charge is 2.37. The van der Waals surface area contributed by atoms with Crippen molar-refractivity contribution < 1.29 is 0 Å². The molecule has 0 heterocycles. The topological polar surface area (TPSA) is 26.0 Å². The summed E-state index contributed by atoms with van der Waals surface area (Å²) in [5, 5.41) is 0. The van der Waals surface area contributed by atoms with Crippen molar-refractivity contribution in [3.8, 4) is 0 Å². The summed E-state index contributed by atoms with van der Waals surface area (Å²) >= 11 is 0. The molecule has 16 heavy (non-hydrogen) atoms. The van der Waals surface area contributed by atoms with Gasteiger partial charge in [-0.25, -0.2) is 0 Å². The van der Waals surface area contributed by atoms with E-state index in [0.717, 1.165) is 23.7 Å². The Morgan fingerprint density at radius 3 is 2.00 bits per heavy atom. The van der Waals surface area contributed by atoms with Crippen molar-refractivity contribution >= 4 is 0 Å². The van der Waals surface area contributed by atoms with Crippen molar-refractivity contribution in [2.24, 2.45) is 29.4 Å². The molecule has 94 valence electrons. The molecule has 5 atom stereocenters. The van der Waals surface area contributed by atoms with Crippen molar-refractivity contribution in [3.05, 3.63) is 0 Å². The molecule has 5 unspecified atom stereocenters. The highest BCUT2D eigenvalue weighted by molar-refractivity contribution is 4.92. The first-order valence-corrected chi connectivity index (χ1v) is 7.42. The quantitative estimate of drug-likeness (QED) is 0.661. The van der Waals surface area contributed by atoms with Crippen LogP contribution < -0.4 is 5.73 Å². The maximum atomic E-state index is 6.29. The molecule has 3 aliphatic rings. The summed E-state index contributed by atoms with van der Waals surface area (Å²) in [7, 11) is 0. The zero-order chi connectivity index (χ0) is 11.5. The molecule has 2 N–H and O–H groups in total. The summed E-state index contributed by atoms with van der Waals surface area (Å²) in [5.41, 5.74) is 6.29. The molecule has 3 aliphatic carbocycles. The fourth-order valence-electron chi connectivity index (χ4n) is 3.60. The van der Waals surface area contributed by atoms with Crippen LogP contribution in [-0.2, 0) is 0 Å². The predicted octanol–water partition coefficient (Wildman–Crippen LogP) is 3.97. The van der Waals surface area contributed by atoms with E-state index in [0.29, 0.717) is 6.04 Å². The third kappa shape index (κ3) is 3.00. The molecule has 2 bridgehead atoms. The Bertz CT molecular complexity index is 213. The minimum atomic E-state index is 0.543. The fraction of sp³-hybridized carbons (Fsp3) is 1.00. The van der Waals surface area contributed by atoms with Crippen LogP contribution in [0.1, 0.15) is 65.2 Å². The average Bonchev–Trinajstić information content (AvgIpc) is 2.26. The largest absolute Gasteiger partial charge is 0.327 e. The number of hydrogen-bond acceptors (Lipinski definition) is 1. The van der Waals surface area contributed by atoms with E-state index in [-0.39, 0.29) is 0 Å². The number of nitrogens with two attached hydrogens (primary N) is 1. The monoisotopic (exact) mass is 223 g/mol. The van der Waals surface area contributed by atoms with Gasteiger partial charge in [-0.05, 0) is 42.9 Å². The third-order valence-corrected chi connectivity index (χ3v) is 5.15. The van der Waals surface area contributed by atoms with Crippen LogP contribution in [0.2, 0.25) is 0 Å². The van der Waals surface area contributed by atoms with Crippen molar-refractivity contribution in [2.75, 3.05) is 0 Å². The van der Waals surface area contributed by atoms with E-state index >= 15 is 0 Å². The molecule has 0 spiro atoms. The van der Waals surface area contributed by atoms with Gasteiger partial charge in [0.2, 0.25) is 0 Å². The number of hydrogen-bond donors (Lipinski definition) is 1. The van der Waals surface area contributed by atoms with Gasteiger partial charge in [-0.1, -0.05) is 46.0 Å². The Kier molecular flexibility index (Phi) is 4.29. The molecule has 0 amide bonds. The van der Waals surface area contributed by atoms with Crippen molar-refractivity contribution in [2.45, 2.75) is 71.3 Å². The molecule has 3 saturated carbocycles. The average molecular weight is 223 g/mol. The van der Waals surface area contributed by atoms with Crippen LogP contribution in [0.5, 0.6) is 0 Å². The molecule has 3 fully saturated rings. The second kappa shape index (κ2) is 5.53. The Morgan fingerprint density at radius 1 is 0.750 bits per heavy atom. The zero-order valence-electron chi connectivity index (χ0n) is 11.1.